The van der Waals surface area contributed by atoms with E-state index in [1.807, 2.05) is 39.0 Å². The van der Waals surface area contributed by atoms with E-state index >= 15 is 0 Å². The van der Waals surface area contributed by atoms with Gasteiger partial charge >= 0.3 is 0 Å². The molecule has 0 aliphatic heterocycles. The van der Waals surface area contributed by atoms with Gasteiger partial charge in [0, 0.05) is 12.6 Å². The number of benzene rings is 1. The van der Waals surface area contributed by atoms with Gasteiger partial charge in [0.25, 0.3) is 0 Å². The molecule has 0 spiro atoms. The first kappa shape index (κ1) is 14.2. The summed E-state index contributed by atoms with van der Waals surface area (Å²) in [4.78, 5) is 11.6. The van der Waals surface area contributed by atoms with Gasteiger partial charge in [0.05, 0.1) is 17.7 Å². The van der Waals surface area contributed by atoms with Gasteiger partial charge in [-0.25, -0.2) is 0 Å². The molecule has 1 amide bonds. The van der Waals surface area contributed by atoms with Crippen molar-refractivity contribution in [2.45, 2.75) is 32.9 Å². The molecule has 1 aromatic carbocycles. The molecule has 0 heterocycles. The molecular weight excluding hydrogens is 226 g/mol. The molecule has 0 aliphatic carbocycles. The maximum atomic E-state index is 11.6. The molecule has 2 atom stereocenters. The summed E-state index contributed by atoms with van der Waals surface area (Å²) in [5, 5.41) is 14.8. The lowest BCUT2D eigenvalue weighted by Crippen LogP contribution is -2.43. The molecule has 1 rings (SSSR count). The second-order valence-corrected chi connectivity index (χ2v) is 4.24. The second kappa shape index (κ2) is 6.77. The average Bonchev–Trinajstić information content (AvgIpc) is 2.39. The molecule has 0 fully saturated rings. The molecule has 0 aromatic heterocycles. The predicted octanol–water partition coefficient (Wildman–Crippen LogP) is 1.73. The van der Waals surface area contributed by atoms with Crippen LogP contribution in [-0.4, -0.2) is 18.5 Å². The van der Waals surface area contributed by atoms with Crippen molar-refractivity contribution < 1.29 is 4.79 Å². The minimum absolute atomic E-state index is 0.0132. The van der Waals surface area contributed by atoms with Gasteiger partial charge in [-0.15, -0.1) is 0 Å². The Morgan fingerprint density at radius 2 is 2.17 bits per heavy atom. The van der Waals surface area contributed by atoms with Crippen molar-refractivity contribution >= 4 is 5.91 Å². The van der Waals surface area contributed by atoms with Crippen LogP contribution < -0.4 is 10.6 Å². The van der Waals surface area contributed by atoms with E-state index in [-0.39, 0.29) is 18.0 Å². The van der Waals surface area contributed by atoms with E-state index in [0.717, 1.165) is 5.56 Å². The summed E-state index contributed by atoms with van der Waals surface area (Å²) in [5.41, 5.74) is 1.64. The van der Waals surface area contributed by atoms with E-state index in [2.05, 4.69) is 16.7 Å². The van der Waals surface area contributed by atoms with Crippen LogP contribution in [0.1, 0.15) is 37.9 Å². The van der Waals surface area contributed by atoms with Crippen molar-refractivity contribution in [3.63, 3.8) is 0 Å². The number of nitrogens with zero attached hydrogens (tertiary/aromatic N) is 1. The number of hydrogen-bond donors (Lipinski definition) is 2. The molecule has 4 nitrogen and oxygen atoms in total. The smallest absolute Gasteiger partial charge is 0.236 e. The number of carbonyl (C=O) groups excluding carboxylic acids is 1. The number of hydrogen-bond acceptors (Lipinski definition) is 3. The summed E-state index contributed by atoms with van der Waals surface area (Å²) in [7, 11) is 0. The van der Waals surface area contributed by atoms with Gasteiger partial charge in [-0.3, -0.25) is 10.1 Å². The van der Waals surface area contributed by atoms with Crippen LogP contribution >= 0.6 is 0 Å². The molecule has 0 saturated carbocycles. The molecule has 4 heteroatoms. The van der Waals surface area contributed by atoms with Gasteiger partial charge in [0.2, 0.25) is 5.91 Å². The van der Waals surface area contributed by atoms with Gasteiger partial charge in [0.1, 0.15) is 0 Å². The molecule has 0 saturated heterocycles. The SMILES string of the molecule is CCNC(=O)C(C)NC(C)c1cccc(C#N)c1. The van der Waals surface area contributed by atoms with Crippen LogP contribution in [0.4, 0.5) is 0 Å². The quantitative estimate of drug-likeness (QED) is 0.830. The summed E-state index contributed by atoms with van der Waals surface area (Å²) < 4.78 is 0. The number of nitriles is 1. The molecule has 0 bridgehead atoms. The highest BCUT2D eigenvalue weighted by Crippen LogP contribution is 2.14. The Balaban J connectivity index is 2.67. The van der Waals surface area contributed by atoms with Crippen molar-refractivity contribution in [3.05, 3.63) is 35.4 Å². The first-order chi connectivity index (χ1) is 8.58. The first-order valence-corrected chi connectivity index (χ1v) is 6.12. The van der Waals surface area contributed by atoms with Crippen molar-refractivity contribution in [1.29, 1.82) is 5.26 Å². The summed E-state index contributed by atoms with van der Waals surface area (Å²) in [6, 6.07) is 9.28. The third-order valence-electron chi connectivity index (χ3n) is 2.76. The zero-order chi connectivity index (χ0) is 13.5. The molecule has 1 aromatic rings. The fourth-order valence-electron chi connectivity index (χ4n) is 1.75. The monoisotopic (exact) mass is 245 g/mol. The maximum Gasteiger partial charge on any atom is 0.236 e. The Kier molecular flexibility index (Phi) is 5.34. The Bertz CT molecular complexity index is 451. The third-order valence-corrected chi connectivity index (χ3v) is 2.76. The predicted molar refractivity (Wildman–Crippen MR) is 70.9 cm³/mol. The van der Waals surface area contributed by atoms with E-state index in [1.54, 1.807) is 6.07 Å². The standard InChI is InChI=1S/C14H19N3O/c1-4-16-14(18)11(3)17-10(2)13-7-5-6-12(8-13)9-15/h5-8,10-11,17H,4H2,1-3H3,(H,16,18). The number of amides is 1. The number of rotatable bonds is 5. The molecule has 0 aliphatic rings. The minimum Gasteiger partial charge on any atom is -0.355 e. The van der Waals surface area contributed by atoms with Crippen LogP contribution in [0.5, 0.6) is 0 Å². The van der Waals surface area contributed by atoms with Gasteiger partial charge in [-0.2, -0.15) is 5.26 Å². The van der Waals surface area contributed by atoms with E-state index in [1.165, 1.54) is 0 Å². The summed E-state index contributed by atoms with van der Waals surface area (Å²) >= 11 is 0. The lowest BCUT2D eigenvalue weighted by molar-refractivity contribution is -0.122. The second-order valence-electron chi connectivity index (χ2n) is 4.24. The Morgan fingerprint density at radius 1 is 1.44 bits per heavy atom. The van der Waals surface area contributed by atoms with Crippen LogP contribution in [0.3, 0.4) is 0 Å². The Hall–Kier alpha value is -1.86. The van der Waals surface area contributed by atoms with Gasteiger partial charge in [0.15, 0.2) is 0 Å². The van der Waals surface area contributed by atoms with Crippen molar-refractivity contribution in [2.24, 2.45) is 0 Å². The zero-order valence-corrected chi connectivity index (χ0v) is 11.0. The van der Waals surface area contributed by atoms with Crippen molar-refractivity contribution in [1.82, 2.24) is 10.6 Å². The highest BCUT2D eigenvalue weighted by molar-refractivity contribution is 5.81. The van der Waals surface area contributed by atoms with Gasteiger partial charge in [-0.1, -0.05) is 12.1 Å². The average molecular weight is 245 g/mol. The van der Waals surface area contributed by atoms with E-state index in [4.69, 9.17) is 5.26 Å². The van der Waals surface area contributed by atoms with Crippen LogP contribution in [-0.2, 0) is 4.79 Å². The van der Waals surface area contributed by atoms with Crippen molar-refractivity contribution in [2.75, 3.05) is 6.54 Å². The van der Waals surface area contributed by atoms with Gasteiger partial charge in [-0.05, 0) is 38.5 Å². The van der Waals surface area contributed by atoms with Crippen LogP contribution in [0.2, 0.25) is 0 Å². The molecular formula is C14H19N3O. The highest BCUT2D eigenvalue weighted by Gasteiger charge is 2.15. The van der Waals surface area contributed by atoms with E-state index in [9.17, 15) is 4.79 Å². The van der Waals surface area contributed by atoms with E-state index in [0.29, 0.717) is 12.1 Å². The topological polar surface area (TPSA) is 64.9 Å². The molecule has 2 unspecified atom stereocenters. The highest BCUT2D eigenvalue weighted by atomic mass is 16.2. The summed E-state index contributed by atoms with van der Waals surface area (Å²) in [6.45, 7) is 6.33. The summed E-state index contributed by atoms with van der Waals surface area (Å²) in [5.74, 6) is -0.0132. The molecule has 96 valence electrons. The number of carbonyl (C=O) groups is 1. The Morgan fingerprint density at radius 3 is 2.78 bits per heavy atom. The maximum absolute atomic E-state index is 11.6. The molecule has 2 N–H and O–H groups in total. The lowest BCUT2D eigenvalue weighted by Gasteiger charge is -2.19. The number of likely N-dealkylation sites (N-methyl/N-ethyl adjacent to an activating group) is 1. The fraction of sp³-hybridized carbons (Fsp3) is 0.429. The zero-order valence-electron chi connectivity index (χ0n) is 11.0. The van der Waals surface area contributed by atoms with Crippen LogP contribution in [0.25, 0.3) is 0 Å². The lowest BCUT2D eigenvalue weighted by atomic mass is 10.0. The number of nitrogens with one attached hydrogen (secondary N) is 2. The minimum atomic E-state index is -0.259. The van der Waals surface area contributed by atoms with Crippen LogP contribution in [0, 0.1) is 11.3 Å². The van der Waals surface area contributed by atoms with Crippen molar-refractivity contribution in [3.8, 4) is 6.07 Å². The Labute approximate surface area is 108 Å². The van der Waals surface area contributed by atoms with E-state index < -0.39 is 0 Å². The normalized spacial score (nSPS) is 13.4. The van der Waals surface area contributed by atoms with Crippen LogP contribution in [0.15, 0.2) is 24.3 Å². The first-order valence-electron chi connectivity index (χ1n) is 6.12. The third kappa shape index (κ3) is 3.86. The van der Waals surface area contributed by atoms with Gasteiger partial charge < -0.3 is 5.32 Å². The fourth-order valence-corrected chi connectivity index (χ4v) is 1.75. The molecule has 0 radical (unpaired) electrons. The largest absolute Gasteiger partial charge is 0.355 e. The summed E-state index contributed by atoms with van der Waals surface area (Å²) in [6.07, 6.45) is 0. The molecule has 18 heavy (non-hydrogen) atoms.